The molecular formula is C15H19FN2O2. The Hall–Kier alpha value is -1.88. The third-order valence-corrected chi connectivity index (χ3v) is 2.91. The van der Waals surface area contributed by atoms with Gasteiger partial charge in [0.1, 0.15) is 17.3 Å². The summed E-state index contributed by atoms with van der Waals surface area (Å²) in [4.78, 5) is 4.15. The van der Waals surface area contributed by atoms with Crippen LogP contribution in [0.2, 0.25) is 0 Å². The van der Waals surface area contributed by atoms with E-state index in [0.717, 1.165) is 6.54 Å². The van der Waals surface area contributed by atoms with Crippen LogP contribution in [0.5, 0.6) is 5.75 Å². The Morgan fingerprint density at radius 1 is 1.40 bits per heavy atom. The number of nitrogens with zero attached hydrogens (tertiary/aromatic N) is 1. The van der Waals surface area contributed by atoms with Crippen LogP contribution in [-0.2, 0) is 6.54 Å². The summed E-state index contributed by atoms with van der Waals surface area (Å²) >= 11 is 0. The summed E-state index contributed by atoms with van der Waals surface area (Å²) in [5.41, 5.74) is 1.10. The molecule has 0 saturated heterocycles. The summed E-state index contributed by atoms with van der Waals surface area (Å²) in [5.74, 6) is 1.10. The second-order valence-electron chi connectivity index (χ2n) is 5.00. The maximum Gasteiger partial charge on any atom is 0.181 e. The molecule has 1 aromatic heterocycles. The average molecular weight is 278 g/mol. The summed E-state index contributed by atoms with van der Waals surface area (Å²) < 4.78 is 24.4. The van der Waals surface area contributed by atoms with Crippen molar-refractivity contribution < 1.29 is 13.5 Å². The Morgan fingerprint density at radius 2 is 2.20 bits per heavy atom. The zero-order chi connectivity index (χ0) is 14.5. The number of aromatic nitrogens is 1. The molecule has 5 heteroatoms. The first-order chi connectivity index (χ1) is 9.61. The molecule has 0 fully saturated rings. The van der Waals surface area contributed by atoms with Crippen molar-refractivity contribution in [2.45, 2.75) is 20.4 Å². The van der Waals surface area contributed by atoms with Gasteiger partial charge in [0, 0.05) is 12.6 Å². The lowest BCUT2D eigenvalue weighted by molar-refractivity contribution is 0.411. The average Bonchev–Trinajstić information content (AvgIpc) is 2.86. The molecule has 0 bridgehead atoms. The lowest BCUT2D eigenvalue weighted by Crippen LogP contribution is -2.19. The molecule has 1 N–H and O–H groups in total. The summed E-state index contributed by atoms with van der Waals surface area (Å²) in [7, 11) is 1.50. The minimum Gasteiger partial charge on any atom is -0.497 e. The Bertz CT molecular complexity index is 567. The van der Waals surface area contributed by atoms with Gasteiger partial charge in [-0.15, -0.1) is 0 Å². The first-order valence-corrected chi connectivity index (χ1v) is 6.58. The number of ether oxygens (including phenoxy) is 1. The normalized spacial score (nSPS) is 11.1. The van der Waals surface area contributed by atoms with Gasteiger partial charge in [0.05, 0.1) is 12.7 Å². The van der Waals surface area contributed by atoms with E-state index in [9.17, 15) is 4.39 Å². The smallest absolute Gasteiger partial charge is 0.181 e. The van der Waals surface area contributed by atoms with E-state index in [2.05, 4.69) is 24.1 Å². The van der Waals surface area contributed by atoms with Crippen LogP contribution in [0.4, 0.5) is 4.39 Å². The molecule has 0 saturated carbocycles. The molecule has 0 atom stereocenters. The highest BCUT2D eigenvalue weighted by Gasteiger charge is 2.15. The van der Waals surface area contributed by atoms with Crippen molar-refractivity contribution >= 4 is 0 Å². The number of methoxy groups -OCH3 is 1. The second-order valence-corrected chi connectivity index (χ2v) is 5.00. The van der Waals surface area contributed by atoms with Gasteiger partial charge in [-0.2, -0.15) is 0 Å². The van der Waals surface area contributed by atoms with E-state index in [-0.39, 0.29) is 5.82 Å². The van der Waals surface area contributed by atoms with Crippen molar-refractivity contribution in [3.63, 3.8) is 0 Å². The number of hydrogen-bond donors (Lipinski definition) is 1. The molecule has 2 rings (SSSR count). The van der Waals surface area contributed by atoms with Gasteiger partial charge in [-0.3, -0.25) is 0 Å². The summed E-state index contributed by atoms with van der Waals surface area (Å²) in [6.45, 7) is 5.67. The van der Waals surface area contributed by atoms with Crippen LogP contribution in [0.1, 0.15) is 19.5 Å². The van der Waals surface area contributed by atoms with E-state index in [4.69, 9.17) is 9.15 Å². The fourth-order valence-corrected chi connectivity index (χ4v) is 1.90. The summed E-state index contributed by atoms with van der Waals surface area (Å²) in [6, 6.07) is 4.68. The number of hydrogen-bond acceptors (Lipinski definition) is 4. The molecular weight excluding hydrogens is 259 g/mol. The van der Waals surface area contributed by atoms with Crippen LogP contribution in [0.15, 0.2) is 29.0 Å². The molecule has 4 nitrogen and oxygen atoms in total. The van der Waals surface area contributed by atoms with Gasteiger partial charge < -0.3 is 14.5 Å². The van der Waals surface area contributed by atoms with E-state index in [1.807, 2.05) is 0 Å². The van der Waals surface area contributed by atoms with Crippen LogP contribution < -0.4 is 10.1 Å². The lowest BCUT2D eigenvalue weighted by atomic mass is 10.1. The van der Waals surface area contributed by atoms with E-state index >= 15 is 0 Å². The Morgan fingerprint density at radius 3 is 2.85 bits per heavy atom. The first kappa shape index (κ1) is 14.5. The van der Waals surface area contributed by atoms with E-state index in [1.54, 1.807) is 12.1 Å². The molecule has 0 aliphatic heterocycles. The molecule has 108 valence electrons. The van der Waals surface area contributed by atoms with Gasteiger partial charge in [0.25, 0.3) is 0 Å². The van der Waals surface area contributed by atoms with Crippen LogP contribution in [-0.4, -0.2) is 18.6 Å². The topological polar surface area (TPSA) is 47.3 Å². The molecule has 1 heterocycles. The van der Waals surface area contributed by atoms with Gasteiger partial charge >= 0.3 is 0 Å². The fraction of sp³-hybridized carbons (Fsp3) is 0.400. The van der Waals surface area contributed by atoms with Crippen LogP contribution >= 0.6 is 0 Å². The van der Waals surface area contributed by atoms with Crippen molar-refractivity contribution in [1.82, 2.24) is 10.3 Å². The fourth-order valence-electron chi connectivity index (χ4n) is 1.90. The van der Waals surface area contributed by atoms with Crippen molar-refractivity contribution in [1.29, 1.82) is 0 Å². The van der Waals surface area contributed by atoms with E-state index in [0.29, 0.717) is 35.2 Å². The summed E-state index contributed by atoms with van der Waals surface area (Å²) in [6.07, 6.45) is 1.34. The van der Waals surface area contributed by atoms with Gasteiger partial charge in [-0.25, -0.2) is 9.37 Å². The van der Waals surface area contributed by atoms with Crippen molar-refractivity contribution in [2.24, 2.45) is 5.92 Å². The van der Waals surface area contributed by atoms with Gasteiger partial charge in [-0.1, -0.05) is 13.8 Å². The highest BCUT2D eigenvalue weighted by molar-refractivity contribution is 5.61. The third kappa shape index (κ3) is 3.36. The molecule has 0 amide bonds. The largest absolute Gasteiger partial charge is 0.497 e. The quantitative estimate of drug-likeness (QED) is 0.881. The van der Waals surface area contributed by atoms with Gasteiger partial charge in [0.2, 0.25) is 0 Å². The number of halogens is 1. The number of rotatable bonds is 6. The third-order valence-electron chi connectivity index (χ3n) is 2.91. The highest BCUT2D eigenvalue weighted by Crippen LogP contribution is 2.28. The predicted molar refractivity (Wildman–Crippen MR) is 75.0 cm³/mol. The predicted octanol–water partition coefficient (Wildman–Crippen LogP) is 3.23. The Labute approximate surface area is 118 Å². The molecule has 2 aromatic rings. The number of benzene rings is 1. The number of oxazole rings is 1. The van der Waals surface area contributed by atoms with Crippen LogP contribution in [0.25, 0.3) is 11.3 Å². The molecule has 0 aliphatic carbocycles. The maximum atomic E-state index is 14.0. The summed E-state index contributed by atoms with van der Waals surface area (Å²) in [5, 5.41) is 3.27. The maximum absolute atomic E-state index is 14.0. The number of nitrogens with one attached hydrogen (secondary N) is 1. The van der Waals surface area contributed by atoms with Crippen molar-refractivity contribution in [2.75, 3.05) is 13.7 Å². The van der Waals surface area contributed by atoms with Crippen molar-refractivity contribution in [3.05, 3.63) is 36.1 Å². The zero-order valence-corrected chi connectivity index (χ0v) is 11.9. The van der Waals surface area contributed by atoms with E-state index in [1.165, 1.54) is 19.6 Å². The molecule has 0 radical (unpaired) electrons. The zero-order valence-electron chi connectivity index (χ0n) is 11.9. The SMILES string of the molecule is COc1ccc(-c2ocnc2CNCC(C)C)c(F)c1. The molecule has 20 heavy (non-hydrogen) atoms. The highest BCUT2D eigenvalue weighted by atomic mass is 19.1. The van der Waals surface area contributed by atoms with Crippen LogP contribution in [0.3, 0.4) is 0 Å². The molecule has 0 aliphatic rings. The molecule has 0 spiro atoms. The molecule has 0 unspecified atom stereocenters. The lowest BCUT2D eigenvalue weighted by Gasteiger charge is -2.07. The van der Waals surface area contributed by atoms with Crippen molar-refractivity contribution in [3.8, 4) is 17.1 Å². The standard InChI is InChI=1S/C15H19FN2O2/c1-10(2)7-17-8-14-15(20-9-18-14)12-5-4-11(19-3)6-13(12)16/h4-6,9-10,17H,7-8H2,1-3H3. The van der Waals surface area contributed by atoms with Gasteiger partial charge in [0.15, 0.2) is 12.2 Å². The monoisotopic (exact) mass is 278 g/mol. The van der Waals surface area contributed by atoms with Gasteiger partial charge in [-0.05, 0) is 24.6 Å². The first-order valence-electron chi connectivity index (χ1n) is 6.58. The minimum atomic E-state index is -0.383. The second kappa shape index (κ2) is 6.52. The van der Waals surface area contributed by atoms with E-state index < -0.39 is 0 Å². The molecule has 1 aromatic carbocycles. The van der Waals surface area contributed by atoms with Crippen LogP contribution in [0, 0.1) is 11.7 Å². The Kier molecular flexibility index (Phi) is 4.74. The Balaban J connectivity index is 2.19. The minimum absolute atomic E-state index is 0.383.